The van der Waals surface area contributed by atoms with Crippen LogP contribution in [0.15, 0.2) is 34.9 Å². The van der Waals surface area contributed by atoms with Crippen molar-refractivity contribution in [1.82, 2.24) is 4.90 Å². The Morgan fingerprint density at radius 2 is 2.09 bits per heavy atom. The first-order valence-corrected chi connectivity index (χ1v) is 8.90. The van der Waals surface area contributed by atoms with E-state index in [9.17, 15) is 5.11 Å². The van der Waals surface area contributed by atoms with E-state index >= 15 is 0 Å². The maximum Gasteiger partial charge on any atom is 0.129 e. The predicted molar refractivity (Wildman–Crippen MR) is 93.5 cm³/mol. The van der Waals surface area contributed by atoms with Crippen LogP contribution in [-0.2, 0) is 17.9 Å². The van der Waals surface area contributed by atoms with Crippen molar-refractivity contribution in [2.45, 2.75) is 40.0 Å². The summed E-state index contributed by atoms with van der Waals surface area (Å²) in [5.41, 5.74) is 0. The van der Waals surface area contributed by atoms with Crippen LogP contribution in [0.1, 0.15) is 29.4 Å². The largest absolute Gasteiger partial charge is 0.467 e. The molecule has 2 aromatic rings. The van der Waals surface area contributed by atoms with Crippen molar-refractivity contribution < 1.29 is 14.3 Å². The first kappa shape index (κ1) is 18.2. The molecule has 0 amide bonds. The van der Waals surface area contributed by atoms with Crippen molar-refractivity contribution in [3.05, 3.63) is 46.0 Å². The zero-order valence-electron chi connectivity index (χ0n) is 14.2. The molecule has 0 aliphatic carbocycles. The van der Waals surface area contributed by atoms with E-state index in [1.807, 2.05) is 23.5 Å². The van der Waals surface area contributed by atoms with Crippen molar-refractivity contribution in [1.29, 1.82) is 0 Å². The quantitative estimate of drug-likeness (QED) is 0.718. The first-order chi connectivity index (χ1) is 11.0. The van der Waals surface area contributed by atoms with E-state index in [-0.39, 0.29) is 0 Å². The Labute approximate surface area is 142 Å². The number of rotatable bonds is 10. The molecule has 0 spiro atoms. The molecular formula is C18H27NO3S. The number of hydrogen-bond donors (Lipinski definition) is 1. The molecule has 1 atom stereocenters. The molecule has 0 aliphatic rings. The van der Waals surface area contributed by atoms with E-state index < -0.39 is 6.10 Å². The summed E-state index contributed by atoms with van der Waals surface area (Å²) in [4.78, 5) is 4.97. The summed E-state index contributed by atoms with van der Waals surface area (Å²) in [6.07, 6.45) is 1.13. The van der Waals surface area contributed by atoms with Gasteiger partial charge in [-0.05, 0) is 37.1 Å². The third kappa shape index (κ3) is 6.87. The summed E-state index contributed by atoms with van der Waals surface area (Å²) < 4.78 is 10.7. The van der Waals surface area contributed by atoms with Gasteiger partial charge >= 0.3 is 0 Å². The maximum absolute atomic E-state index is 10.3. The van der Waals surface area contributed by atoms with Crippen LogP contribution in [0.25, 0.3) is 0 Å². The molecule has 2 heterocycles. The number of aliphatic hydroxyl groups excluding tert-OH is 1. The number of furan rings is 1. The molecule has 128 valence electrons. The van der Waals surface area contributed by atoms with Gasteiger partial charge in [-0.25, -0.2) is 0 Å². The molecule has 0 aromatic carbocycles. The summed E-state index contributed by atoms with van der Waals surface area (Å²) in [6.45, 7) is 9.71. The Morgan fingerprint density at radius 1 is 1.26 bits per heavy atom. The number of thiophene rings is 1. The zero-order valence-corrected chi connectivity index (χ0v) is 15.0. The summed E-state index contributed by atoms with van der Waals surface area (Å²) in [7, 11) is 0. The Bertz CT molecular complexity index is 550. The molecule has 2 rings (SSSR count). The fourth-order valence-electron chi connectivity index (χ4n) is 2.55. The van der Waals surface area contributed by atoms with Gasteiger partial charge in [-0.3, -0.25) is 4.90 Å². The minimum atomic E-state index is -0.496. The third-order valence-electron chi connectivity index (χ3n) is 3.40. The maximum atomic E-state index is 10.3. The van der Waals surface area contributed by atoms with E-state index in [0.717, 1.165) is 18.8 Å². The number of aryl methyl sites for hydroxylation is 1. The highest BCUT2D eigenvalue weighted by Crippen LogP contribution is 2.18. The van der Waals surface area contributed by atoms with Crippen LogP contribution >= 0.6 is 11.3 Å². The lowest BCUT2D eigenvalue weighted by atomic mass is 10.2. The normalized spacial score (nSPS) is 13.1. The molecule has 0 saturated carbocycles. The van der Waals surface area contributed by atoms with Crippen LogP contribution in [0.2, 0.25) is 0 Å². The van der Waals surface area contributed by atoms with E-state index in [0.29, 0.717) is 25.7 Å². The Balaban J connectivity index is 1.78. The molecule has 0 aliphatic heterocycles. The number of aliphatic hydroxyl groups is 1. The van der Waals surface area contributed by atoms with E-state index in [4.69, 9.17) is 9.15 Å². The number of ether oxygens (including phenoxy) is 1. The van der Waals surface area contributed by atoms with Crippen molar-refractivity contribution in [3.63, 3.8) is 0 Å². The molecule has 0 fully saturated rings. The smallest absolute Gasteiger partial charge is 0.129 e. The van der Waals surface area contributed by atoms with Crippen molar-refractivity contribution in [2.75, 3.05) is 19.7 Å². The SMILES string of the molecule is Cc1ccc(CN(CC(C)C)C[C@H](O)COCc2ccco2)s1. The molecule has 1 N–H and O–H groups in total. The van der Waals surface area contributed by atoms with Gasteiger partial charge < -0.3 is 14.3 Å². The van der Waals surface area contributed by atoms with Crippen molar-refractivity contribution in [2.24, 2.45) is 5.92 Å². The van der Waals surface area contributed by atoms with Crippen LogP contribution in [0, 0.1) is 12.8 Å². The van der Waals surface area contributed by atoms with Gasteiger partial charge in [-0.1, -0.05) is 13.8 Å². The second kappa shape index (κ2) is 9.23. The van der Waals surface area contributed by atoms with Gasteiger partial charge in [0.25, 0.3) is 0 Å². The molecule has 4 nitrogen and oxygen atoms in total. The minimum absolute atomic E-state index is 0.318. The second-order valence-electron chi connectivity index (χ2n) is 6.35. The highest BCUT2D eigenvalue weighted by Gasteiger charge is 2.15. The molecular weight excluding hydrogens is 310 g/mol. The van der Waals surface area contributed by atoms with Gasteiger partial charge in [0.15, 0.2) is 0 Å². The molecule has 5 heteroatoms. The number of nitrogens with zero attached hydrogens (tertiary/aromatic N) is 1. The summed E-state index contributed by atoms with van der Waals surface area (Å²) in [5, 5.41) is 10.3. The van der Waals surface area contributed by atoms with E-state index in [2.05, 4.69) is 37.8 Å². The van der Waals surface area contributed by atoms with E-state index in [1.165, 1.54) is 9.75 Å². The highest BCUT2D eigenvalue weighted by molar-refractivity contribution is 7.11. The van der Waals surface area contributed by atoms with Crippen LogP contribution in [0.3, 0.4) is 0 Å². The third-order valence-corrected chi connectivity index (χ3v) is 4.39. The van der Waals surface area contributed by atoms with Crippen LogP contribution < -0.4 is 0 Å². The Hall–Kier alpha value is -1.14. The lowest BCUT2D eigenvalue weighted by molar-refractivity contribution is 0.00239. The fourth-order valence-corrected chi connectivity index (χ4v) is 3.48. The Kier molecular flexibility index (Phi) is 7.30. The van der Waals surface area contributed by atoms with Crippen molar-refractivity contribution in [3.8, 4) is 0 Å². The topological polar surface area (TPSA) is 45.8 Å². The van der Waals surface area contributed by atoms with Gasteiger partial charge in [0.1, 0.15) is 12.4 Å². The van der Waals surface area contributed by atoms with Gasteiger partial charge in [0, 0.05) is 29.4 Å². The van der Waals surface area contributed by atoms with Gasteiger partial charge in [0.2, 0.25) is 0 Å². The average Bonchev–Trinajstić information content (AvgIpc) is 3.10. The van der Waals surface area contributed by atoms with E-state index in [1.54, 1.807) is 6.26 Å². The molecule has 0 saturated heterocycles. The lowest BCUT2D eigenvalue weighted by Gasteiger charge is -2.26. The molecule has 0 bridgehead atoms. The molecule has 0 radical (unpaired) electrons. The summed E-state index contributed by atoms with van der Waals surface area (Å²) in [5.74, 6) is 1.34. The molecule has 0 unspecified atom stereocenters. The average molecular weight is 337 g/mol. The van der Waals surface area contributed by atoms with Gasteiger partial charge in [0.05, 0.1) is 19.0 Å². The van der Waals surface area contributed by atoms with Gasteiger partial charge in [-0.2, -0.15) is 0 Å². The summed E-state index contributed by atoms with van der Waals surface area (Å²) >= 11 is 1.82. The monoisotopic (exact) mass is 337 g/mol. The van der Waals surface area contributed by atoms with Crippen molar-refractivity contribution >= 4 is 11.3 Å². The lowest BCUT2D eigenvalue weighted by Crippen LogP contribution is -2.36. The second-order valence-corrected chi connectivity index (χ2v) is 7.72. The molecule has 23 heavy (non-hydrogen) atoms. The van der Waals surface area contributed by atoms with Crippen LogP contribution in [-0.4, -0.2) is 35.8 Å². The van der Waals surface area contributed by atoms with Crippen LogP contribution in [0.5, 0.6) is 0 Å². The van der Waals surface area contributed by atoms with Crippen LogP contribution in [0.4, 0.5) is 0 Å². The molecule has 2 aromatic heterocycles. The van der Waals surface area contributed by atoms with Gasteiger partial charge in [-0.15, -0.1) is 11.3 Å². The first-order valence-electron chi connectivity index (χ1n) is 8.08. The summed E-state index contributed by atoms with van der Waals surface area (Å²) in [6, 6.07) is 8.03. The fraction of sp³-hybridized carbons (Fsp3) is 0.556. The number of hydrogen-bond acceptors (Lipinski definition) is 5. The standard InChI is InChI=1S/C18H27NO3S/c1-14(2)9-19(11-18-7-6-15(3)23-18)10-16(20)12-21-13-17-5-4-8-22-17/h4-8,14,16,20H,9-13H2,1-3H3/t16-/m0/s1. The predicted octanol–water partition coefficient (Wildman–Crippen LogP) is 3.69. The Morgan fingerprint density at radius 3 is 2.70 bits per heavy atom. The minimum Gasteiger partial charge on any atom is -0.467 e. The highest BCUT2D eigenvalue weighted by atomic mass is 32.1. The zero-order chi connectivity index (χ0) is 16.7.